The molecule has 4 nitrogen and oxygen atoms in total. The average Bonchev–Trinajstić information content (AvgIpc) is 3.07. The summed E-state index contributed by atoms with van der Waals surface area (Å²) < 4.78 is 0. The smallest absolute Gasteiger partial charge is 0.407 e. The van der Waals surface area contributed by atoms with E-state index in [2.05, 4.69) is 6.07 Å². The van der Waals surface area contributed by atoms with Crippen LogP contribution in [0.1, 0.15) is 19.3 Å². The molecule has 1 saturated heterocycles. The summed E-state index contributed by atoms with van der Waals surface area (Å²) >= 11 is 0. The van der Waals surface area contributed by atoms with Crippen molar-refractivity contribution in [2.75, 3.05) is 13.1 Å². The third-order valence-electron chi connectivity index (χ3n) is 4.34. The maximum absolute atomic E-state index is 10.7. The second-order valence-electron chi connectivity index (χ2n) is 5.20. The zero-order chi connectivity index (χ0) is 10.6. The van der Waals surface area contributed by atoms with E-state index in [1.54, 1.807) is 0 Å². The van der Waals surface area contributed by atoms with Gasteiger partial charge >= 0.3 is 6.09 Å². The molecule has 1 N–H and O–H groups in total. The van der Waals surface area contributed by atoms with Gasteiger partial charge in [0.05, 0.1) is 11.5 Å². The molecule has 80 valence electrons. The molecule has 0 aromatic carbocycles. The van der Waals surface area contributed by atoms with Crippen LogP contribution in [0.4, 0.5) is 4.79 Å². The Morgan fingerprint density at radius 1 is 1.47 bits per heavy atom. The number of rotatable bonds is 2. The number of nitriles is 1. The van der Waals surface area contributed by atoms with Gasteiger partial charge in [-0.1, -0.05) is 12.8 Å². The number of hydrogen-bond donors (Lipinski definition) is 1. The van der Waals surface area contributed by atoms with Crippen LogP contribution in [0.25, 0.3) is 0 Å². The van der Waals surface area contributed by atoms with Crippen molar-refractivity contribution in [2.45, 2.75) is 19.3 Å². The van der Waals surface area contributed by atoms with E-state index in [-0.39, 0.29) is 5.41 Å². The topological polar surface area (TPSA) is 64.3 Å². The van der Waals surface area contributed by atoms with Gasteiger partial charge in [0.1, 0.15) is 0 Å². The number of fused-ring (bicyclic) bond motifs is 1. The highest BCUT2D eigenvalue weighted by Crippen LogP contribution is 2.67. The molecular weight excluding hydrogens is 192 g/mol. The molecule has 1 amide bonds. The van der Waals surface area contributed by atoms with Gasteiger partial charge in [0.2, 0.25) is 0 Å². The second kappa shape index (κ2) is 2.66. The number of hydrogen-bond acceptors (Lipinski definition) is 2. The largest absolute Gasteiger partial charge is 0.465 e. The van der Waals surface area contributed by atoms with Gasteiger partial charge in [-0.05, 0) is 12.3 Å². The normalized spacial score (nSPS) is 42.2. The molecule has 2 saturated carbocycles. The van der Waals surface area contributed by atoms with Crippen molar-refractivity contribution in [3.63, 3.8) is 0 Å². The Morgan fingerprint density at radius 3 is 2.47 bits per heavy atom. The Hall–Kier alpha value is -1.24. The van der Waals surface area contributed by atoms with Crippen LogP contribution in [0.5, 0.6) is 0 Å². The van der Waals surface area contributed by atoms with Gasteiger partial charge in [-0.2, -0.15) is 5.26 Å². The molecule has 0 aromatic rings. The van der Waals surface area contributed by atoms with Crippen molar-refractivity contribution < 1.29 is 9.90 Å². The fourth-order valence-corrected chi connectivity index (χ4v) is 3.20. The van der Waals surface area contributed by atoms with Crippen molar-refractivity contribution in [2.24, 2.45) is 23.2 Å². The summed E-state index contributed by atoms with van der Waals surface area (Å²) in [7, 11) is 0. The van der Waals surface area contributed by atoms with Crippen molar-refractivity contribution in [1.82, 2.24) is 4.90 Å². The minimum Gasteiger partial charge on any atom is -0.465 e. The molecular formula is C11H14N2O2. The van der Waals surface area contributed by atoms with E-state index in [1.165, 1.54) is 17.7 Å². The van der Waals surface area contributed by atoms with E-state index >= 15 is 0 Å². The van der Waals surface area contributed by atoms with Crippen molar-refractivity contribution >= 4 is 6.09 Å². The molecule has 3 fully saturated rings. The molecule has 15 heavy (non-hydrogen) atoms. The van der Waals surface area contributed by atoms with E-state index in [0.29, 0.717) is 24.9 Å². The number of amides is 1. The Morgan fingerprint density at radius 2 is 2.07 bits per heavy atom. The second-order valence-corrected chi connectivity index (χ2v) is 5.20. The first-order valence-electron chi connectivity index (χ1n) is 5.56. The summed E-state index contributed by atoms with van der Waals surface area (Å²) in [5.74, 6) is 1.42. The molecule has 4 heteroatoms. The van der Waals surface area contributed by atoms with E-state index < -0.39 is 6.09 Å². The van der Waals surface area contributed by atoms with Gasteiger partial charge in [0.15, 0.2) is 0 Å². The quantitative estimate of drug-likeness (QED) is 0.745. The fourth-order valence-electron chi connectivity index (χ4n) is 3.20. The van der Waals surface area contributed by atoms with Crippen molar-refractivity contribution in [3.8, 4) is 6.07 Å². The van der Waals surface area contributed by atoms with Crippen molar-refractivity contribution in [1.29, 1.82) is 5.26 Å². The van der Waals surface area contributed by atoms with Gasteiger partial charge in [-0.25, -0.2) is 4.79 Å². The SMILES string of the molecule is N#CC1(CC2CC2)C2CN(C(=O)O)CC21. The molecule has 2 atom stereocenters. The van der Waals surface area contributed by atoms with E-state index in [4.69, 9.17) is 5.11 Å². The zero-order valence-electron chi connectivity index (χ0n) is 8.52. The number of piperidine rings is 1. The first-order chi connectivity index (χ1) is 7.17. The van der Waals surface area contributed by atoms with Crippen LogP contribution in [0.3, 0.4) is 0 Å². The number of carbonyl (C=O) groups is 1. The van der Waals surface area contributed by atoms with Crippen LogP contribution < -0.4 is 0 Å². The minimum absolute atomic E-state index is 0.146. The molecule has 0 bridgehead atoms. The molecule has 1 aliphatic heterocycles. The molecule has 0 aromatic heterocycles. The maximum Gasteiger partial charge on any atom is 0.407 e. The number of likely N-dealkylation sites (tertiary alicyclic amines) is 1. The lowest BCUT2D eigenvalue weighted by Crippen LogP contribution is -2.32. The van der Waals surface area contributed by atoms with Crippen molar-refractivity contribution in [3.05, 3.63) is 0 Å². The summed E-state index contributed by atoms with van der Waals surface area (Å²) in [6.07, 6.45) is 2.73. The van der Waals surface area contributed by atoms with Crippen LogP contribution in [-0.4, -0.2) is 29.2 Å². The molecule has 0 spiro atoms. The molecule has 1 heterocycles. The Balaban J connectivity index is 1.68. The van der Waals surface area contributed by atoms with Crippen LogP contribution in [0.2, 0.25) is 0 Å². The molecule has 3 aliphatic rings. The Kier molecular flexibility index (Phi) is 1.60. The molecule has 0 radical (unpaired) electrons. The van der Waals surface area contributed by atoms with Gasteiger partial charge in [0, 0.05) is 24.9 Å². The maximum atomic E-state index is 10.7. The molecule has 2 unspecified atom stereocenters. The van der Waals surface area contributed by atoms with E-state index in [1.807, 2.05) is 0 Å². The molecule has 3 rings (SSSR count). The summed E-state index contributed by atoms with van der Waals surface area (Å²) in [5.41, 5.74) is -0.146. The number of nitrogens with zero attached hydrogens (tertiary/aromatic N) is 2. The Bertz CT molecular complexity index is 344. The first-order valence-corrected chi connectivity index (χ1v) is 5.56. The fraction of sp³-hybridized carbons (Fsp3) is 0.818. The predicted octanol–water partition coefficient (Wildman–Crippen LogP) is 1.54. The van der Waals surface area contributed by atoms with Gasteiger partial charge in [-0.15, -0.1) is 0 Å². The van der Waals surface area contributed by atoms with Gasteiger partial charge in [-0.3, -0.25) is 0 Å². The zero-order valence-corrected chi connectivity index (χ0v) is 8.52. The monoisotopic (exact) mass is 206 g/mol. The highest BCUT2D eigenvalue weighted by atomic mass is 16.4. The average molecular weight is 206 g/mol. The highest BCUT2D eigenvalue weighted by Gasteiger charge is 2.70. The summed E-state index contributed by atoms with van der Waals surface area (Å²) in [6, 6.07) is 2.47. The highest BCUT2D eigenvalue weighted by molar-refractivity contribution is 5.66. The van der Waals surface area contributed by atoms with Crippen LogP contribution in [-0.2, 0) is 0 Å². The van der Waals surface area contributed by atoms with E-state index in [0.717, 1.165) is 12.3 Å². The van der Waals surface area contributed by atoms with E-state index in [9.17, 15) is 10.1 Å². The summed E-state index contributed by atoms with van der Waals surface area (Å²) in [4.78, 5) is 12.2. The lowest BCUT2D eigenvalue weighted by Gasteiger charge is -2.19. The van der Waals surface area contributed by atoms with Gasteiger partial charge in [0.25, 0.3) is 0 Å². The Labute approximate surface area is 88.5 Å². The minimum atomic E-state index is -0.833. The molecule has 2 aliphatic carbocycles. The number of carboxylic acid groups (broad SMARTS) is 1. The summed E-state index contributed by atoms with van der Waals surface area (Å²) in [6.45, 7) is 1.17. The van der Waals surface area contributed by atoms with Crippen LogP contribution >= 0.6 is 0 Å². The first kappa shape index (κ1) is 9.02. The van der Waals surface area contributed by atoms with Crippen LogP contribution in [0.15, 0.2) is 0 Å². The lowest BCUT2D eigenvalue weighted by atomic mass is 9.94. The third-order valence-corrected chi connectivity index (χ3v) is 4.34. The standard InChI is InChI=1S/C11H14N2O2/c12-6-11(3-7-1-2-7)8-4-13(10(14)15)5-9(8)11/h7-9H,1-5H2,(H,14,15). The lowest BCUT2D eigenvalue weighted by molar-refractivity contribution is 0.145. The predicted molar refractivity (Wildman–Crippen MR) is 52.0 cm³/mol. The van der Waals surface area contributed by atoms with Crippen LogP contribution in [0, 0.1) is 34.5 Å². The summed E-state index contributed by atoms with van der Waals surface area (Å²) in [5, 5.41) is 18.1. The van der Waals surface area contributed by atoms with Gasteiger partial charge < -0.3 is 10.0 Å². The third kappa shape index (κ3) is 1.16.